The first-order valence-corrected chi connectivity index (χ1v) is 7.03. The largest absolute Gasteiger partial charge is 0.271 e. The number of aryl methyl sites for hydroxylation is 3. The van der Waals surface area contributed by atoms with Crippen molar-refractivity contribution < 1.29 is 0 Å². The van der Waals surface area contributed by atoms with Crippen molar-refractivity contribution in [1.29, 1.82) is 0 Å². The van der Waals surface area contributed by atoms with Crippen LogP contribution in [0.5, 0.6) is 0 Å². The molecule has 2 rings (SSSR count). The monoisotopic (exact) mass is 293 g/mol. The number of nitrogens with one attached hydrogen (secondary N) is 1. The summed E-state index contributed by atoms with van der Waals surface area (Å²) in [5.41, 5.74) is 5.94. The van der Waals surface area contributed by atoms with Crippen LogP contribution >= 0.6 is 11.6 Å². The highest BCUT2D eigenvalue weighted by Gasteiger charge is 2.16. The van der Waals surface area contributed by atoms with Gasteiger partial charge in [0.1, 0.15) is 5.15 Å². The van der Waals surface area contributed by atoms with E-state index in [4.69, 9.17) is 17.4 Å². The summed E-state index contributed by atoms with van der Waals surface area (Å²) in [5.74, 6) is 5.65. The van der Waals surface area contributed by atoms with Crippen molar-refractivity contribution in [1.82, 2.24) is 20.2 Å². The molecular formula is C14H20ClN5. The fourth-order valence-electron chi connectivity index (χ4n) is 2.26. The summed E-state index contributed by atoms with van der Waals surface area (Å²) >= 11 is 6.25. The topological polar surface area (TPSA) is 68.8 Å². The number of pyridine rings is 1. The molecule has 3 N–H and O–H groups in total. The molecule has 0 bridgehead atoms. The Morgan fingerprint density at radius 2 is 2.25 bits per heavy atom. The summed E-state index contributed by atoms with van der Waals surface area (Å²) in [4.78, 5) is 4.32. The number of rotatable bonds is 6. The number of hydrogen-bond donors (Lipinski definition) is 2. The van der Waals surface area contributed by atoms with Gasteiger partial charge in [0.25, 0.3) is 0 Å². The third-order valence-electron chi connectivity index (χ3n) is 3.43. The highest BCUT2D eigenvalue weighted by molar-refractivity contribution is 6.30. The summed E-state index contributed by atoms with van der Waals surface area (Å²) < 4.78 is 1.69. The van der Waals surface area contributed by atoms with Gasteiger partial charge in [0.05, 0.1) is 5.69 Å². The van der Waals surface area contributed by atoms with Gasteiger partial charge < -0.3 is 0 Å². The second-order valence-electron chi connectivity index (χ2n) is 4.91. The van der Waals surface area contributed by atoms with E-state index >= 15 is 0 Å². The van der Waals surface area contributed by atoms with E-state index in [1.807, 2.05) is 38.4 Å². The summed E-state index contributed by atoms with van der Waals surface area (Å²) in [6.07, 6.45) is 4.36. The number of nitrogens with two attached hydrogens (primary N) is 1. The predicted octanol–water partition coefficient (Wildman–Crippen LogP) is 1.78. The van der Waals surface area contributed by atoms with Crippen molar-refractivity contribution in [2.75, 3.05) is 0 Å². The minimum absolute atomic E-state index is 0.150. The van der Waals surface area contributed by atoms with Gasteiger partial charge in [-0.25, -0.2) is 0 Å². The number of nitrogens with zero attached hydrogens (tertiary/aromatic N) is 3. The van der Waals surface area contributed by atoms with E-state index in [0.717, 1.165) is 36.2 Å². The Labute approximate surface area is 124 Å². The zero-order valence-electron chi connectivity index (χ0n) is 11.8. The molecule has 0 aliphatic rings. The molecule has 0 radical (unpaired) electrons. The van der Waals surface area contributed by atoms with Crippen LogP contribution in [0.1, 0.15) is 23.4 Å². The lowest BCUT2D eigenvalue weighted by atomic mass is 10.0. The smallest absolute Gasteiger partial charge is 0.130 e. The first-order valence-electron chi connectivity index (χ1n) is 6.65. The molecule has 0 fully saturated rings. The molecule has 0 saturated carbocycles. The Hall–Kier alpha value is -1.43. The van der Waals surface area contributed by atoms with Crippen LogP contribution in [0.4, 0.5) is 0 Å². The summed E-state index contributed by atoms with van der Waals surface area (Å²) in [5, 5.41) is 5.00. The zero-order chi connectivity index (χ0) is 14.5. The third kappa shape index (κ3) is 3.56. The minimum Gasteiger partial charge on any atom is -0.271 e. The quantitative estimate of drug-likeness (QED) is 0.629. The lowest BCUT2D eigenvalue weighted by Gasteiger charge is -2.15. The molecule has 0 saturated heterocycles. The van der Waals surface area contributed by atoms with Crippen LogP contribution in [-0.4, -0.2) is 20.8 Å². The first kappa shape index (κ1) is 15.0. The highest BCUT2D eigenvalue weighted by atomic mass is 35.5. The maximum Gasteiger partial charge on any atom is 0.130 e. The number of hydrazine groups is 1. The molecule has 6 heteroatoms. The van der Waals surface area contributed by atoms with E-state index in [0.29, 0.717) is 5.15 Å². The van der Waals surface area contributed by atoms with Crippen molar-refractivity contribution in [3.05, 3.63) is 46.5 Å². The molecule has 20 heavy (non-hydrogen) atoms. The van der Waals surface area contributed by atoms with Gasteiger partial charge in [0.2, 0.25) is 0 Å². The van der Waals surface area contributed by atoms with Crippen molar-refractivity contribution in [3.63, 3.8) is 0 Å². The average Bonchev–Trinajstić information content (AvgIpc) is 2.70. The van der Waals surface area contributed by atoms with Gasteiger partial charge in [-0.15, -0.1) is 0 Å². The maximum atomic E-state index is 6.25. The lowest BCUT2D eigenvalue weighted by Crippen LogP contribution is -2.37. The second kappa shape index (κ2) is 6.83. The van der Waals surface area contributed by atoms with E-state index in [-0.39, 0.29) is 6.04 Å². The number of hydrogen-bond acceptors (Lipinski definition) is 4. The SMILES string of the molecule is Cc1nn(C)c(Cl)c1CC(CCc1ccccn1)NN. The molecule has 108 valence electrons. The molecule has 1 atom stereocenters. The fourth-order valence-corrected chi connectivity index (χ4v) is 2.52. The van der Waals surface area contributed by atoms with Crippen molar-refractivity contribution in [3.8, 4) is 0 Å². The molecule has 0 spiro atoms. The van der Waals surface area contributed by atoms with Crippen LogP contribution in [0.3, 0.4) is 0 Å². The van der Waals surface area contributed by atoms with Gasteiger partial charge in [0.15, 0.2) is 0 Å². The van der Waals surface area contributed by atoms with Crippen LogP contribution < -0.4 is 11.3 Å². The Kier molecular flexibility index (Phi) is 5.11. The molecule has 0 aliphatic heterocycles. The van der Waals surface area contributed by atoms with Crippen LogP contribution in [0.15, 0.2) is 24.4 Å². The molecule has 2 aromatic heterocycles. The Morgan fingerprint density at radius 1 is 1.45 bits per heavy atom. The van der Waals surface area contributed by atoms with Gasteiger partial charge in [-0.2, -0.15) is 5.10 Å². The molecule has 2 heterocycles. The molecule has 5 nitrogen and oxygen atoms in total. The molecule has 1 unspecified atom stereocenters. The van der Waals surface area contributed by atoms with Gasteiger partial charge in [-0.3, -0.25) is 20.9 Å². The first-order chi connectivity index (χ1) is 9.61. The number of aromatic nitrogens is 3. The second-order valence-corrected chi connectivity index (χ2v) is 5.26. The molecule has 0 aromatic carbocycles. The van der Waals surface area contributed by atoms with Crippen molar-refractivity contribution in [2.24, 2.45) is 12.9 Å². The Balaban J connectivity index is 1.99. The van der Waals surface area contributed by atoms with Gasteiger partial charge in [0, 0.05) is 30.5 Å². The van der Waals surface area contributed by atoms with Gasteiger partial charge in [-0.1, -0.05) is 17.7 Å². The van der Waals surface area contributed by atoms with Crippen molar-refractivity contribution >= 4 is 11.6 Å². The predicted molar refractivity (Wildman–Crippen MR) is 80.3 cm³/mol. The standard InChI is InChI=1S/C14H20ClN5/c1-10-13(14(15)20(2)19-10)9-12(18-16)7-6-11-5-3-4-8-17-11/h3-5,8,12,18H,6-7,9,16H2,1-2H3. The van der Waals surface area contributed by atoms with Crippen LogP contribution in [0.25, 0.3) is 0 Å². The molecule has 2 aromatic rings. The minimum atomic E-state index is 0.150. The van der Waals surface area contributed by atoms with Crippen LogP contribution in [-0.2, 0) is 19.9 Å². The third-order valence-corrected chi connectivity index (χ3v) is 3.90. The fraction of sp³-hybridized carbons (Fsp3) is 0.429. The highest BCUT2D eigenvalue weighted by Crippen LogP contribution is 2.21. The van der Waals surface area contributed by atoms with E-state index in [1.54, 1.807) is 4.68 Å². The summed E-state index contributed by atoms with van der Waals surface area (Å²) in [7, 11) is 1.84. The Morgan fingerprint density at radius 3 is 2.80 bits per heavy atom. The molecular weight excluding hydrogens is 274 g/mol. The average molecular weight is 294 g/mol. The number of halogens is 1. The molecule has 0 aliphatic carbocycles. The summed E-state index contributed by atoms with van der Waals surface area (Å²) in [6.45, 7) is 1.97. The van der Waals surface area contributed by atoms with E-state index < -0.39 is 0 Å². The summed E-state index contributed by atoms with van der Waals surface area (Å²) in [6, 6.07) is 6.09. The van der Waals surface area contributed by atoms with Gasteiger partial charge >= 0.3 is 0 Å². The zero-order valence-corrected chi connectivity index (χ0v) is 12.6. The maximum absolute atomic E-state index is 6.25. The van der Waals surface area contributed by atoms with Crippen molar-refractivity contribution in [2.45, 2.75) is 32.2 Å². The lowest BCUT2D eigenvalue weighted by molar-refractivity contribution is 0.488. The van der Waals surface area contributed by atoms with Crippen LogP contribution in [0.2, 0.25) is 5.15 Å². The molecule has 0 amide bonds. The van der Waals surface area contributed by atoms with E-state index in [1.165, 1.54) is 0 Å². The van der Waals surface area contributed by atoms with E-state index in [2.05, 4.69) is 15.5 Å². The normalized spacial score (nSPS) is 12.6. The van der Waals surface area contributed by atoms with Crippen LogP contribution in [0, 0.1) is 6.92 Å². The van der Waals surface area contributed by atoms with Gasteiger partial charge in [-0.05, 0) is 38.3 Å². The Bertz CT molecular complexity index is 552. The van der Waals surface area contributed by atoms with E-state index in [9.17, 15) is 0 Å².